The van der Waals surface area contributed by atoms with E-state index in [1.807, 2.05) is 6.92 Å². The molecule has 0 bridgehead atoms. The standard InChI is InChI=1S/C28H37FO7/c1-6-23(33)35-15-22(32)28(36-24(34)7-2)16(3)12-20-19-9-8-17-13-18(30)10-11-25(17,4)27(19,29)21(31)14-26(20,28)5/h10-11,13,16,19-21,31H,6-9,12,14-15H2,1-5H3/t16-,19-,20-,21-,25-,26-,27-,28-/m1/s1. The number of esters is 2. The predicted molar refractivity (Wildman–Crippen MR) is 128 cm³/mol. The number of aliphatic hydroxyl groups excluding tert-OH is 1. The summed E-state index contributed by atoms with van der Waals surface area (Å²) in [6.45, 7) is 8.05. The van der Waals surface area contributed by atoms with Crippen molar-refractivity contribution in [2.75, 3.05) is 6.61 Å². The van der Waals surface area contributed by atoms with E-state index in [2.05, 4.69) is 0 Å². The molecule has 3 saturated carbocycles. The van der Waals surface area contributed by atoms with Gasteiger partial charge in [-0.2, -0.15) is 0 Å². The smallest absolute Gasteiger partial charge is 0.306 e. The molecule has 0 aromatic heterocycles. The summed E-state index contributed by atoms with van der Waals surface area (Å²) in [5, 5.41) is 11.5. The first-order valence-electron chi connectivity index (χ1n) is 13.0. The van der Waals surface area contributed by atoms with Gasteiger partial charge in [0.1, 0.15) is 0 Å². The van der Waals surface area contributed by atoms with Crippen LogP contribution in [-0.2, 0) is 28.7 Å². The van der Waals surface area contributed by atoms with Gasteiger partial charge in [-0.1, -0.05) is 39.3 Å². The van der Waals surface area contributed by atoms with Crippen molar-refractivity contribution in [3.63, 3.8) is 0 Å². The lowest BCUT2D eigenvalue weighted by atomic mass is 9.44. The molecule has 8 atom stereocenters. The number of carbonyl (C=O) groups is 4. The number of hydrogen-bond acceptors (Lipinski definition) is 7. The number of halogens is 1. The van der Waals surface area contributed by atoms with E-state index in [-0.39, 0.29) is 31.0 Å². The average Bonchev–Trinajstić information content (AvgIpc) is 3.05. The van der Waals surface area contributed by atoms with Crippen LogP contribution >= 0.6 is 0 Å². The first-order chi connectivity index (χ1) is 16.8. The van der Waals surface area contributed by atoms with Gasteiger partial charge >= 0.3 is 11.9 Å². The number of alkyl halides is 1. The molecular weight excluding hydrogens is 467 g/mol. The number of aliphatic hydroxyl groups is 1. The molecule has 0 radical (unpaired) electrons. The van der Waals surface area contributed by atoms with Crippen LogP contribution in [0.4, 0.5) is 4.39 Å². The van der Waals surface area contributed by atoms with Crippen molar-refractivity contribution < 1.29 is 38.1 Å². The second-order valence-electron chi connectivity index (χ2n) is 11.4. The molecule has 8 heteroatoms. The van der Waals surface area contributed by atoms with Crippen molar-refractivity contribution in [2.45, 2.75) is 90.5 Å². The number of Topliss-reactive ketones (excluding diaryl/α,β-unsaturated/α-hetero) is 1. The number of hydrogen-bond donors (Lipinski definition) is 1. The van der Waals surface area contributed by atoms with Crippen LogP contribution < -0.4 is 0 Å². The molecule has 36 heavy (non-hydrogen) atoms. The van der Waals surface area contributed by atoms with E-state index in [9.17, 15) is 24.3 Å². The van der Waals surface area contributed by atoms with E-state index >= 15 is 4.39 Å². The number of allylic oxidation sites excluding steroid dienone is 4. The number of ketones is 2. The lowest BCUT2D eigenvalue weighted by Crippen LogP contribution is -2.70. The highest BCUT2D eigenvalue weighted by molar-refractivity contribution is 6.01. The van der Waals surface area contributed by atoms with Crippen molar-refractivity contribution in [2.24, 2.45) is 28.6 Å². The van der Waals surface area contributed by atoms with Crippen molar-refractivity contribution in [3.8, 4) is 0 Å². The molecule has 1 N–H and O–H groups in total. The summed E-state index contributed by atoms with van der Waals surface area (Å²) in [4.78, 5) is 50.3. The molecule has 0 spiro atoms. The van der Waals surface area contributed by atoms with Crippen LogP contribution in [0.15, 0.2) is 23.8 Å². The van der Waals surface area contributed by atoms with Crippen LogP contribution in [0, 0.1) is 28.6 Å². The summed E-state index contributed by atoms with van der Waals surface area (Å²) in [6, 6.07) is 0. The zero-order valence-corrected chi connectivity index (χ0v) is 21.8. The minimum atomic E-state index is -2.05. The molecule has 3 fully saturated rings. The van der Waals surface area contributed by atoms with Gasteiger partial charge in [0.15, 0.2) is 23.7 Å². The maximum Gasteiger partial charge on any atom is 0.306 e. The van der Waals surface area contributed by atoms with E-state index in [1.54, 1.807) is 33.8 Å². The van der Waals surface area contributed by atoms with Crippen molar-refractivity contribution in [3.05, 3.63) is 23.8 Å². The van der Waals surface area contributed by atoms with Crippen molar-refractivity contribution in [1.82, 2.24) is 0 Å². The second kappa shape index (κ2) is 8.89. The van der Waals surface area contributed by atoms with Gasteiger partial charge < -0.3 is 14.6 Å². The molecule has 4 rings (SSSR count). The molecule has 4 aliphatic carbocycles. The molecule has 0 saturated heterocycles. The van der Waals surface area contributed by atoms with Crippen LogP contribution in [0.5, 0.6) is 0 Å². The summed E-state index contributed by atoms with van der Waals surface area (Å²) >= 11 is 0. The number of carbonyl (C=O) groups excluding carboxylic acids is 4. The van der Waals surface area contributed by atoms with Crippen molar-refractivity contribution in [1.29, 1.82) is 0 Å². The van der Waals surface area contributed by atoms with Crippen LogP contribution in [-0.4, -0.2) is 52.6 Å². The molecular formula is C28H37FO7. The summed E-state index contributed by atoms with van der Waals surface area (Å²) in [6.07, 6.45) is 4.32. The van der Waals surface area contributed by atoms with E-state index in [0.29, 0.717) is 24.8 Å². The van der Waals surface area contributed by atoms with Gasteiger partial charge in [-0.25, -0.2) is 4.39 Å². The van der Waals surface area contributed by atoms with E-state index in [0.717, 1.165) is 0 Å². The lowest BCUT2D eigenvalue weighted by Gasteiger charge is -2.62. The van der Waals surface area contributed by atoms with Gasteiger partial charge in [0.2, 0.25) is 5.78 Å². The largest absolute Gasteiger partial charge is 0.457 e. The molecule has 0 aromatic rings. The number of fused-ring (bicyclic) bond motifs is 5. The van der Waals surface area contributed by atoms with E-state index in [4.69, 9.17) is 9.47 Å². The molecule has 0 unspecified atom stereocenters. The fraction of sp³-hybridized carbons (Fsp3) is 0.714. The lowest BCUT2D eigenvalue weighted by molar-refractivity contribution is -0.228. The van der Waals surface area contributed by atoms with Gasteiger partial charge in [-0.05, 0) is 50.7 Å². The Hall–Kier alpha value is -2.35. The maximum atomic E-state index is 17.4. The summed E-state index contributed by atoms with van der Waals surface area (Å²) in [7, 11) is 0. The Morgan fingerprint density at radius 1 is 1.14 bits per heavy atom. The molecule has 0 aromatic carbocycles. The fourth-order valence-electron chi connectivity index (χ4n) is 8.01. The molecule has 198 valence electrons. The Bertz CT molecular complexity index is 1050. The van der Waals surface area contributed by atoms with E-state index < -0.39 is 64.4 Å². The second-order valence-corrected chi connectivity index (χ2v) is 11.4. The topological polar surface area (TPSA) is 107 Å². The Balaban J connectivity index is 1.80. The van der Waals surface area contributed by atoms with Crippen LogP contribution in [0.25, 0.3) is 0 Å². The molecule has 4 aliphatic rings. The highest BCUT2D eigenvalue weighted by Gasteiger charge is 2.77. The van der Waals surface area contributed by atoms with Gasteiger partial charge in [-0.15, -0.1) is 0 Å². The van der Waals surface area contributed by atoms with Gasteiger partial charge in [0.05, 0.1) is 6.10 Å². The third-order valence-corrected chi connectivity index (χ3v) is 9.81. The van der Waals surface area contributed by atoms with Crippen LogP contribution in [0.1, 0.15) is 73.1 Å². The highest BCUT2D eigenvalue weighted by Crippen LogP contribution is 2.71. The van der Waals surface area contributed by atoms with E-state index in [1.165, 1.54) is 12.2 Å². The highest BCUT2D eigenvalue weighted by atomic mass is 19.1. The number of rotatable bonds is 6. The van der Waals surface area contributed by atoms with Crippen molar-refractivity contribution >= 4 is 23.5 Å². The van der Waals surface area contributed by atoms with Crippen LogP contribution in [0.2, 0.25) is 0 Å². The van der Waals surface area contributed by atoms with Crippen LogP contribution in [0.3, 0.4) is 0 Å². The molecule has 0 heterocycles. The van der Waals surface area contributed by atoms with Gasteiger partial charge in [-0.3, -0.25) is 19.2 Å². The zero-order chi connectivity index (χ0) is 26.7. The SMILES string of the molecule is CCC(=O)OCC(=O)[C@]1(OC(=O)CC)[C@H](C)C[C@@H]2[C@H]3CCC4=CC(=O)C=C[C@@]4(C)[C@]3(F)[C@H](O)C[C@]21C. The fourth-order valence-corrected chi connectivity index (χ4v) is 8.01. The zero-order valence-electron chi connectivity index (χ0n) is 21.8. The predicted octanol–water partition coefficient (Wildman–Crippen LogP) is 3.82. The first kappa shape index (κ1) is 26.7. The third kappa shape index (κ3) is 3.39. The Kier molecular flexibility index (Phi) is 6.60. The Morgan fingerprint density at radius 2 is 1.81 bits per heavy atom. The summed E-state index contributed by atoms with van der Waals surface area (Å²) < 4.78 is 28.5. The quantitative estimate of drug-likeness (QED) is 0.548. The normalized spacial score (nSPS) is 43.1. The van der Waals surface area contributed by atoms with Gasteiger partial charge in [0, 0.05) is 35.5 Å². The average molecular weight is 505 g/mol. The monoisotopic (exact) mass is 504 g/mol. The summed E-state index contributed by atoms with van der Waals surface area (Å²) in [5.41, 5.74) is -5.26. The molecule has 7 nitrogen and oxygen atoms in total. The minimum Gasteiger partial charge on any atom is -0.457 e. The molecule has 0 amide bonds. The molecule has 0 aliphatic heterocycles. The Morgan fingerprint density at radius 3 is 2.44 bits per heavy atom. The number of ether oxygens (including phenoxy) is 2. The van der Waals surface area contributed by atoms with Gasteiger partial charge in [0.25, 0.3) is 0 Å². The third-order valence-electron chi connectivity index (χ3n) is 9.81. The first-order valence-corrected chi connectivity index (χ1v) is 13.0. The summed E-state index contributed by atoms with van der Waals surface area (Å²) in [5.74, 6) is -3.31. The Labute approximate surface area is 211 Å². The maximum absolute atomic E-state index is 17.4. The minimum absolute atomic E-state index is 0.0430.